The number of nitrogens with zero attached hydrogens (tertiary/aromatic N) is 4. The molecule has 0 N–H and O–H groups in total. The molecule has 1 fully saturated rings. The molecule has 2 aromatic heterocycles. The number of rotatable bonds is 3. The average molecular weight is 421 g/mol. The highest BCUT2D eigenvalue weighted by Gasteiger charge is 2.28. The van der Waals surface area contributed by atoms with Gasteiger partial charge < -0.3 is 19.3 Å². The Kier molecular flexibility index (Phi) is 6.26. The summed E-state index contributed by atoms with van der Waals surface area (Å²) in [6, 6.07) is 0. The van der Waals surface area contributed by atoms with Crippen molar-refractivity contribution in [2.45, 2.75) is 46.6 Å². The number of hydrogen-bond donors (Lipinski definition) is 0. The van der Waals surface area contributed by atoms with E-state index in [2.05, 4.69) is 9.97 Å². The van der Waals surface area contributed by atoms with Crippen LogP contribution in [-0.4, -0.2) is 70.2 Å². The van der Waals surface area contributed by atoms with E-state index in [-0.39, 0.29) is 12.0 Å². The molecule has 0 aromatic carbocycles. The molecule has 0 unspecified atom stereocenters. The Morgan fingerprint density at radius 3 is 2.52 bits per heavy atom. The number of ether oxygens (including phenoxy) is 2. The zero-order chi connectivity index (χ0) is 21.2. The zero-order valence-electron chi connectivity index (χ0n) is 17.7. The van der Waals surface area contributed by atoms with Crippen molar-refractivity contribution >= 4 is 33.6 Å². The number of aryl methyl sites for hydroxylation is 1. The minimum Gasteiger partial charge on any atom is -0.477 e. The van der Waals surface area contributed by atoms with Gasteiger partial charge in [-0.05, 0) is 46.6 Å². The Bertz CT molecular complexity index is 906. The largest absolute Gasteiger partial charge is 0.477 e. The maximum Gasteiger partial charge on any atom is 0.410 e. The topological polar surface area (TPSA) is 84.9 Å². The molecule has 2 amide bonds. The van der Waals surface area contributed by atoms with Crippen molar-refractivity contribution in [3.8, 4) is 5.88 Å². The molecular weight excluding hydrogens is 392 g/mol. The fraction of sp³-hybridized carbons (Fsp3) is 0.600. The zero-order valence-corrected chi connectivity index (χ0v) is 18.5. The van der Waals surface area contributed by atoms with Gasteiger partial charge >= 0.3 is 6.09 Å². The van der Waals surface area contributed by atoms with Gasteiger partial charge in [-0.15, -0.1) is 11.3 Å². The molecule has 0 aliphatic carbocycles. The van der Waals surface area contributed by atoms with E-state index in [4.69, 9.17) is 9.47 Å². The molecule has 9 heteroatoms. The first kappa shape index (κ1) is 21.3. The normalized spacial score (nSPS) is 15.3. The lowest BCUT2D eigenvalue weighted by molar-refractivity contribution is 0.0255. The molecule has 0 saturated carbocycles. The summed E-state index contributed by atoms with van der Waals surface area (Å²) in [6.45, 7) is 11.9. The maximum absolute atomic E-state index is 13.2. The second kappa shape index (κ2) is 8.52. The Morgan fingerprint density at radius 1 is 1.14 bits per heavy atom. The fourth-order valence-corrected chi connectivity index (χ4v) is 4.37. The van der Waals surface area contributed by atoms with Crippen molar-refractivity contribution in [2.24, 2.45) is 0 Å². The van der Waals surface area contributed by atoms with Crippen molar-refractivity contribution in [2.75, 3.05) is 32.8 Å². The molecule has 0 atom stereocenters. The quantitative estimate of drug-likeness (QED) is 0.756. The maximum atomic E-state index is 13.2. The highest BCUT2D eigenvalue weighted by molar-refractivity contribution is 7.20. The first-order valence-corrected chi connectivity index (χ1v) is 10.7. The third-order valence-electron chi connectivity index (χ3n) is 4.60. The molecule has 3 heterocycles. The number of fused-ring (bicyclic) bond motifs is 1. The van der Waals surface area contributed by atoms with Gasteiger partial charge in [0.15, 0.2) is 0 Å². The smallest absolute Gasteiger partial charge is 0.410 e. The summed E-state index contributed by atoms with van der Waals surface area (Å²) in [7, 11) is 0. The van der Waals surface area contributed by atoms with Crippen LogP contribution >= 0.6 is 11.3 Å². The first-order valence-electron chi connectivity index (χ1n) is 9.85. The minimum absolute atomic E-state index is 0.0426. The highest BCUT2D eigenvalue weighted by Crippen LogP contribution is 2.35. The second-order valence-electron chi connectivity index (χ2n) is 7.96. The molecule has 158 valence electrons. The lowest BCUT2D eigenvalue weighted by Crippen LogP contribution is -2.40. The van der Waals surface area contributed by atoms with Gasteiger partial charge in [0.25, 0.3) is 5.91 Å². The minimum atomic E-state index is -0.535. The molecule has 0 bridgehead atoms. The summed E-state index contributed by atoms with van der Waals surface area (Å²) < 4.78 is 11.1. The van der Waals surface area contributed by atoms with Crippen molar-refractivity contribution in [3.05, 3.63) is 16.8 Å². The number of amides is 2. The second-order valence-corrected chi connectivity index (χ2v) is 8.96. The summed E-state index contributed by atoms with van der Waals surface area (Å²) in [5, 5.41) is 0.799. The van der Waals surface area contributed by atoms with E-state index in [1.165, 1.54) is 17.7 Å². The van der Waals surface area contributed by atoms with Gasteiger partial charge in [0.1, 0.15) is 16.8 Å². The van der Waals surface area contributed by atoms with Crippen LogP contribution in [0.15, 0.2) is 6.33 Å². The van der Waals surface area contributed by atoms with Crippen molar-refractivity contribution < 1.29 is 19.1 Å². The van der Waals surface area contributed by atoms with Crippen LogP contribution in [0, 0.1) is 6.92 Å². The van der Waals surface area contributed by atoms with Crippen LogP contribution in [0.1, 0.15) is 49.4 Å². The number of carbonyl (C=O) groups excluding carboxylic acids is 2. The third-order valence-corrected chi connectivity index (χ3v) is 5.79. The molecule has 0 radical (unpaired) electrons. The summed E-state index contributed by atoms with van der Waals surface area (Å²) in [4.78, 5) is 39.0. The van der Waals surface area contributed by atoms with Crippen LogP contribution in [-0.2, 0) is 4.74 Å². The van der Waals surface area contributed by atoms with E-state index in [1.54, 1.807) is 9.80 Å². The Labute approximate surface area is 174 Å². The Morgan fingerprint density at radius 2 is 1.83 bits per heavy atom. The molecular formula is C20H28N4O4S. The summed E-state index contributed by atoms with van der Waals surface area (Å²) in [5.41, 5.74) is 0.305. The summed E-state index contributed by atoms with van der Waals surface area (Å²) in [6.07, 6.45) is 1.84. The average Bonchev–Trinajstić information content (AvgIpc) is 2.82. The molecule has 0 spiro atoms. The number of carbonyl (C=O) groups is 2. The molecule has 1 aliphatic heterocycles. The van der Waals surface area contributed by atoms with Crippen LogP contribution in [0.4, 0.5) is 4.79 Å². The Balaban J connectivity index is 1.77. The van der Waals surface area contributed by atoms with E-state index in [9.17, 15) is 9.59 Å². The number of aromatic nitrogens is 2. The van der Waals surface area contributed by atoms with Crippen molar-refractivity contribution in [1.29, 1.82) is 0 Å². The van der Waals surface area contributed by atoms with Gasteiger partial charge in [0.05, 0.1) is 16.9 Å². The highest BCUT2D eigenvalue weighted by atomic mass is 32.1. The molecule has 8 nitrogen and oxygen atoms in total. The molecule has 1 aliphatic rings. The molecule has 3 rings (SSSR count). The molecule has 29 heavy (non-hydrogen) atoms. The van der Waals surface area contributed by atoms with E-state index in [0.717, 1.165) is 15.8 Å². The summed E-state index contributed by atoms with van der Waals surface area (Å²) >= 11 is 1.36. The van der Waals surface area contributed by atoms with Gasteiger partial charge in [0.2, 0.25) is 5.88 Å². The van der Waals surface area contributed by atoms with Crippen LogP contribution in [0.25, 0.3) is 10.2 Å². The van der Waals surface area contributed by atoms with Crippen LogP contribution < -0.4 is 4.74 Å². The first-order chi connectivity index (χ1) is 13.7. The molecule has 2 aromatic rings. The standard InChI is InChI=1S/C20H28N4O4S/c1-6-27-16-14-13(2)15(29-17(14)22-12-21-16)18(25)23-8-7-9-24(11-10-23)19(26)28-20(3,4)5/h12H,6-11H2,1-5H3. The van der Waals surface area contributed by atoms with Gasteiger partial charge in [-0.1, -0.05) is 0 Å². The number of hydrogen-bond acceptors (Lipinski definition) is 7. The molecule has 1 saturated heterocycles. The van der Waals surface area contributed by atoms with Crippen LogP contribution in [0.5, 0.6) is 5.88 Å². The van der Waals surface area contributed by atoms with Gasteiger partial charge in [0, 0.05) is 26.2 Å². The van der Waals surface area contributed by atoms with E-state index >= 15 is 0 Å². The van der Waals surface area contributed by atoms with Gasteiger partial charge in [-0.25, -0.2) is 14.8 Å². The van der Waals surface area contributed by atoms with Gasteiger partial charge in [-0.2, -0.15) is 0 Å². The summed E-state index contributed by atoms with van der Waals surface area (Å²) in [5.74, 6) is 0.469. The lowest BCUT2D eigenvalue weighted by atomic mass is 10.2. The Hall–Kier alpha value is -2.42. The van der Waals surface area contributed by atoms with Crippen LogP contribution in [0.2, 0.25) is 0 Å². The SMILES string of the molecule is CCOc1ncnc2sc(C(=O)N3CCCN(C(=O)OC(C)(C)C)CC3)c(C)c12. The monoisotopic (exact) mass is 420 g/mol. The fourth-order valence-electron chi connectivity index (χ4n) is 3.26. The predicted molar refractivity (Wildman–Crippen MR) is 112 cm³/mol. The predicted octanol–water partition coefficient (Wildman–Crippen LogP) is 3.48. The van der Waals surface area contributed by atoms with Crippen molar-refractivity contribution in [1.82, 2.24) is 19.8 Å². The van der Waals surface area contributed by atoms with E-state index in [1.807, 2.05) is 34.6 Å². The number of thiophene rings is 1. The van der Waals surface area contributed by atoms with Crippen LogP contribution in [0.3, 0.4) is 0 Å². The van der Waals surface area contributed by atoms with E-state index in [0.29, 0.717) is 50.0 Å². The van der Waals surface area contributed by atoms with Gasteiger partial charge in [-0.3, -0.25) is 4.79 Å². The lowest BCUT2D eigenvalue weighted by Gasteiger charge is -2.26. The van der Waals surface area contributed by atoms with E-state index < -0.39 is 5.60 Å². The third kappa shape index (κ3) is 4.77. The van der Waals surface area contributed by atoms with Crippen molar-refractivity contribution in [3.63, 3.8) is 0 Å².